The Bertz CT molecular complexity index is 782. The molecule has 0 amide bonds. The van der Waals surface area contributed by atoms with Crippen LogP contribution >= 0.6 is 7.60 Å². The Hall–Kier alpha value is -1.74. The average Bonchev–Trinajstić information content (AvgIpc) is 2.80. The molecule has 0 bridgehead atoms. The van der Waals surface area contributed by atoms with Crippen molar-refractivity contribution in [3.05, 3.63) is 16.7 Å². The van der Waals surface area contributed by atoms with Gasteiger partial charge in [0.25, 0.3) is 5.56 Å². The molecule has 10 nitrogen and oxygen atoms in total. The summed E-state index contributed by atoms with van der Waals surface area (Å²) in [5, 5.41) is 0. The molecule has 23 heavy (non-hydrogen) atoms. The minimum absolute atomic E-state index is 0.0231. The van der Waals surface area contributed by atoms with Gasteiger partial charge in [-0.25, -0.2) is 4.98 Å². The molecule has 11 heteroatoms. The third-order valence-electron chi connectivity index (χ3n) is 3.59. The highest BCUT2D eigenvalue weighted by Crippen LogP contribution is 2.34. The molecule has 0 aliphatic carbocycles. The van der Waals surface area contributed by atoms with E-state index in [1.165, 1.54) is 6.33 Å². The summed E-state index contributed by atoms with van der Waals surface area (Å²) in [6, 6.07) is 0. The van der Waals surface area contributed by atoms with Crippen LogP contribution in [0.2, 0.25) is 0 Å². The van der Waals surface area contributed by atoms with E-state index in [2.05, 4.69) is 15.0 Å². The van der Waals surface area contributed by atoms with E-state index in [0.717, 1.165) is 0 Å². The molecule has 0 aromatic carbocycles. The molecule has 2 aromatic rings. The first kappa shape index (κ1) is 17.6. The lowest BCUT2D eigenvalue weighted by Crippen LogP contribution is -2.20. The SMILES string of the molecule is CC(COCP(=O)(O)O)C(C)Cn1cnc2c(=O)[nH]c(N)nc21. The summed E-state index contributed by atoms with van der Waals surface area (Å²) in [6.07, 6.45) is 0.928. The fourth-order valence-corrected chi connectivity index (χ4v) is 2.46. The molecule has 2 unspecified atom stereocenters. The number of rotatable bonds is 7. The molecule has 0 saturated carbocycles. The van der Waals surface area contributed by atoms with Crippen LogP contribution in [0.4, 0.5) is 5.95 Å². The van der Waals surface area contributed by atoms with E-state index in [0.29, 0.717) is 12.2 Å². The molecule has 0 spiro atoms. The third-order valence-corrected chi connectivity index (χ3v) is 4.11. The first-order valence-electron chi connectivity index (χ1n) is 7.00. The first-order valence-corrected chi connectivity index (χ1v) is 8.80. The number of anilines is 1. The van der Waals surface area contributed by atoms with Crippen LogP contribution in [0.25, 0.3) is 11.2 Å². The topological polar surface area (TPSA) is 156 Å². The second-order valence-corrected chi connectivity index (χ2v) is 7.23. The quantitative estimate of drug-likeness (QED) is 0.516. The molecule has 2 aromatic heterocycles. The maximum Gasteiger partial charge on any atom is 0.350 e. The van der Waals surface area contributed by atoms with Crippen molar-refractivity contribution in [2.24, 2.45) is 11.8 Å². The third kappa shape index (κ3) is 4.61. The zero-order valence-corrected chi connectivity index (χ0v) is 13.7. The van der Waals surface area contributed by atoms with E-state index in [1.807, 2.05) is 13.8 Å². The molecule has 2 atom stereocenters. The molecule has 0 radical (unpaired) electrons. The Morgan fingerprint density at radius 2 is 2.13 bits per heavy atom. The van der Waals surface area contributed by atoms with Crippen LogP contribution in [-0.2, 0) is 15.8 Å². The molecule has 128 valence electrons. The summed E-state index contributed by atoms with van der Waals surface area (Å²) in [5.74, 6) is 0.166. The predicted octanol–water partition coefficient (Wildman–Crippen LogP) is 0.126. The van der Waals surface area contributed by atoms with Crippen molar-refractivity contribution in [2.45, 2.75) is 20.4 Å². The standard InChI is InChI=1S/C12H20N5O5P/c1-7(8(2)4-22-6-23(19,20)21)3-17-5-14-9-10(17)15-12(13)16-11(9)18/h5,7-8H,3-4,6H2,1-2H3,(H2,19,20,21)(H3,13,15,16,18). The van der Waals surface area contributed by atoms with Gasteiger partial charge in [-0.1, -0.05) is 13.8 Å². The molecular weight excluding hydrogens is 325 g/mol. The lowest BCUT2D eigenvalue weighted by molar-refractivity contribution is 0.103. The van der Waals surface area contributed by atoms with E-state index >= 15 is 0 Å². The van der Waals surface area contributed by atoms with Crippen LogP contribution < -0.4 is 11.3 Å². The van der Waals surface area contributed by atoms with Crippen molar-refractivity contribution in [2.75, 3.05) is 18.7 Å². The number of hydrogen-bond donors (Lipinski definition) is 4. The van der Waals surface area contributed by atoms with Crippen molar-refractivity contribution in [3.63, 3.8) is 0 Å². The van der Waals surface area contributed by atoms with Crippen LogP contribution in [0.1, 0.15) is 13.8 Å². The fraction of sp³-hybridized carbons (Fsp3) is 0.583. The van der Waals surface area contributed by atoms with E-state index < -0.39 is 19.5 Å². The highest BCUT2D eigenvalue weighted by molar-refractivity contribution is 7.51. The van der Waals surface area contributed by atoms with Crippen molar-refractivity contribution < 1.29 is 19.1 Å². The first-order chi connectivity index (χ1) is 10.7. The van der Waals surface area contributed by atoms with Crippen LogP contribution in [-0.4, -0.2) is 42.3 Å². The lowest BCUT2D eigenvalue weighted by Gasteiger charge is -2.20. The minimum Gasteiger partial charge on any atom is -0.369 e. The predicted molar refractivity (Wildman–Crippen MR) is 83.8 cm³/mol. The molecule has 5 N–H and O–H groups in total. The van der Waals surface area contributed by atoms with Crippen molar-refractivity contribution in [3.8, 4) is 0 Å². The van der Waals surface area contributed by atoms with Gasteiger partial charge in [-0.3, -0.25) is 14.3 Å². The van der Waals surface area contributed by atoms with Gasteiger partial charge >= 0.3 is 7.60 Å². The summed E-state index contributed by atoms with van der Waals surface area (Å²) < 4.78 is 17.5. The Labute approximate surface area is 131 Å². The minimum atomic E-state index is -4.15. The fourth-order valence-electron chi connectivity index (χ4n) is 2.12. The zero-order valence-electron chi connectivity index (χ0n) is 12.8. The number of hydrogen-bond acceptors (Lipinski definition) is 6. The number of nitrogens with zero attached hydrogens (tertiary/aromatic N) is 3. The summed E-state index contributed by atoms with van der Waals surface area (Å²) in [6.45, 7) is 4.62. The van der Waals surface area contributed by atoms with Crippen LogP contribution in [0.3, 0.4) is 0 Å². The zero-order chi connectivity index (χ0) is 17.2. The van der Waals surface area contributed by atoms with Gasteiger partial charge in [-0.15, -0.1) is 0 Å². The monoisotopic (exact) mass is 345 g/mol. The van der Waals surface area contributed by atoms with Gasteiger partial charge in [-0.05, 0) is 11.8 Å². The number of nitrogens with two attached hydrogens (primary N) is 1. The highest BCUT2D eigenvalue weighted by Gasteiger charge is 2.19. The summed E-state index contributed by atoms with van der Waals surface area (Å²) in [5.41, 5.74) is 5.78. The molecular formula is C12H20N5O5P. The van der Waals surface area contributed by atoms with Crippen LogP contribution in [0.5, 0.6) is 0 Å². The second kappa shape index (κ2) is 6.79. The number of aromatic nitrogens is 4. The van der Waals surface area contributed by atoms with Gasteiger partial charge in [0, 0.05) is 6.54 Å². The van der Waals surface area contributed by atoms with Crippen molar-refractivity contribution >= 4 is 24.7 Å². The lowest BCUT2D eigenvalue weighted by atomic mass is 9.97. The van der Waals surface area contributed by atoms with Gasteiger partial charge in [0.05, 0.1) is 12.9 Å². The molecule has 0 saturated heterocycles. The number of nitrogen functional groups attached to an aromatic ring is 1. The van der Waals surface area contributed by atoms with Crippen LogP contribution in [0.15, 0.2) is 11.1 Å². The normalized spacial score (nSPS) is 15.0. The number of imidazole rings is 1. The summed E-state index contributed by atoms with van der Waals surface area (Å²) in [4.78, 5) is 39.8. The van der Waals surface area contributed by atoms with E-state index in [1.54, 1.807) is 4.57 Å². The number of fused-ring (bicyclic) bond motifs is 1. The van der Waals surface area contributed by atoms with E-state index in [4.69, 9.17) is 20.3 Å². The van der Waals surface area contributed by atoms with Crippen molar-refractivity contribution in [1.29, 1.82) is 0 Å². The maximum absolute atomic E-state index is 11.7. The Morgan fingerprint density at radius 1 is 1.43 bits per heavy atom. The van der Waals surface area contributed by atoms with Gasteiger partial charge in [0.1, 0.15) is 6.35 Å². The maximum atomic E-state index is 11.7. The molecule has 2 heterocycles. The Balaban J connectivity index is 2.04. The number of H-pyrrole nitrogens is 1. The van der Waals surface area contributed by atoms with Gasteiger partial charge in [0.15, 0.2) is 11.2 Å². The van der Waals surface area contributed by atoms with E-state index in [9.17, 15) is 9.36 Å². The average molecular weight is 345 g/mol. The Kier molecular flexibility index (Phi) is 5.20. The summed E-state index contributed by atoms with van der Waals surface area (Å²) >= 11 is 0. The van der Waals surface area contributed by atoms with E-state index in [-0.39, 0.29) is 29.9 Å². The number of nitrogens with one attached hydrogen (secondary N) is 1. The Morgan fingerprint density at radius 3 is 2.78 bits per heavy atom. The molecule has 0 aliphatic rings. The van der Waals surface area contributed by atoms with Gasteiger partial charge in [0.2, 0.25) is 5.95 Å². The number of aromatic amines is 1. The van der Waals surface area contributed by atoms with Crippen LogP contribution in [0, 0.1) is 11.8 Å². The van der Waals surface area contributed by atoms with Crippen molar-refractivity contribution in [1.82, 2.24) is 19.5 Å². The van der Waals surface area contributed by atoms with Gasteiger partial charge < -0.3 is 24.8 Å². The smallest absolute Gasteiger partial charge is 0.350 e. The molecule has 0 fully saturated rings. The van der Waals surface area contributed by atoms with Gasteiger partial charge in [-0.2, -0.15) is 4.98 Å². The second-order valence-electron chi connectivity index (χ2n) is 5.64. The largest absolute Gasteiger partial charge is 0.369 e. The highest BCUT2D eigenvalue weighted by atomic mass is 31.2. The summed E-state index contributed by atoms with van der Waals surface area (Å²) in [7, 11) is -4.15. The number of ether oxygens (including phenoxy) is 1. The molecule has 0 aliphatic heterocycles. The molecule has 2 rings (SSSR count).